The summed E-state index contributed by atoms with van der Waals surface area (Å²) in [5, 5.41) is 10.4. The van der Waals surface area contributed by atoms with Crippen molar-refractivity contribution in [2.24, 2.45) is 7.05 Å². The molecular formula is C16H22N4O. The number of carbonyl (C=O) groups excluding carboxylic acids is 1. The fourth-order valence-corrected chi connectivity index (χ4v) is 2.15. The fraction of sp³-hybridized carbons (Fsp3) is 0.375. The Morgan fingerprint density at radius 2 is 1.95 bits per heavy atom. The largest absolute Gasteiger partial charge is 0.383 e. The van der Waals surface area contributed by atoms with Crippen LogP contribution >= 0.6 is 0 Å². The first kappa shape index (κ1) is 15.1. The predicted molar refractivity (Wildman–Crippen MR) is 85.8 cm³/mol. The molecule has 0 fully saturated rings. The van der Waals surface area contributed by atoms with E-state index >= 15 is 0 Å². The van der Waals surface area contributed by atoms with Crippen molar-refractivity contribution in [2.75, 3.05) is 10.6 Å². The summed E-state index contributed by atoms with van der Waals surface area (Å²) in [5.41, 5.74) is 3.61. The molecule has 1 heterocycles. The van der Waals surface area contributed by atoms with E-state index in [4.69, 9.17) is 0 Å². The summed E-state index contributed by atoms with van der Waals surface area (Å²) < 4.78 is 1.66. The summed E-state index contributed by atoms with van der Waals surface area (Å²) in [6.07, 6.45) is 0. The lowest BCUT2D eigenvalue weighted by Gasteiger charge is -2.14. The number of aromatic nitrogens is 2. The minimum absolute atomic E-state index is 0.134. The van der Waals surface area contributed by atoms with Crippen molar-refractivity contribution in [3.05, 3.63) is 41.1 Å². The highest BCUT2D eigenvalue weighted by molar-refractivity contribution is 6.04. The van der Waals surface area contributed by atoms with Crippen LogP contribution in [0.5, 0.6) is 0 Å². The van der Waals surface area contributed by atoms with Crippen molar-refractivity contribution in [2.45, 2.75) is 33.7 Å². The van der Waals surface area contributed by atoms with Crippen LogP contribution in [-0.4, -0.2) is 21.7 Å². The fourth-order valence-electron chi connectivity index (χ4n) is 2.15. The Kier molecular flexibility index (Phi) is 4.31. The molecule has 1 aromatic heterocycles. The van der Waals surface area contributed by atoms with Crippen LogP contribution in [0.2, 0.25) is 0 Å². The van der Waals surface area contributed by atoms with Crippen LogP contribution in [0.4, 0.5) is 11.5 Å². The van der Waals surface area contributed by atoms with E-state index in [1.165, 1.54) is 0 Å². The summed E-state index contributed by atoms with van der Waals surface area (Å²) in [5.74, 6) is 0.557. The second-order valence-electron chi connectivity index (χ2n) is 5.58. The normalized spacial score (nSPS) is 10.8. The lowest BCUT2D eigenvalue weighted by atomic mass is 10.1. The third-order valence-electron chi connectivity index (χ3n) is 3.19. The van der Waals surface area contributed by atoms with Crippen molar-refractivity contribution >= 4 is 17.4 Å². The van der Waals surface area contributed by atoms with Gasteiger partial charge < -0.3 is 10.6 Å². The molecule has 1 aromatic carbocycles. The molecule has 0 spiro atoms. The molecule has 0 aliphatic heterocycles. The highest BCUT2D eigenvalue weighted by Gasteiger charge is 2.11. The first-order chi connectivity index (χ1) is 9.86. The lowest BCUT2D eigenvalue weighted by Crippen LogP contribution is -2.16. The Morgan fingerprint density at radius 1 is 1.24 bits per heavy atom. The summed E-state index contributed by atoms with van der Waals surface area (Å²) in [6, 6.07) is 7.84. The number of amides is 1. The van der Waals surface area contributed by atoms with E-state index in [-0.39, 0.29) is 5.91 Å². The maximum atomic E-state index is 12.3. The molecule has 2 aromatic rings. The number of benzene rings is 1. The van der Waals surface area contributed by atoms with Crippen LogP contribution in [-0.2, 0) is 7.05 Å². The number of anilines is 2. The van der Waals surface area contributed by atoms with Gasteiger partial charge in [-0.15, -0.1) is 0 Å². The molecule has 0 saturated carbocycles. The number of nitrogens with zero attached hydrogens (tertiary/aromatic N) is 2. The monoisotopic (exact) mass is 286 g/mol. The average molecular weight is 286 g/mol. The third kappa shape index (κ3) is 3.62. The molecule has 5 heteroatoms. The topological polar surface area (TPSA) is 59.0 Å². The lowest BCUT2D eigenvalue weighted by molar-refractivity contribution is 0.102. The van der Waals surface area contributed by atoms with Crippen LogP contribution in [0, 0.1) is 13.8 Å². The number of rotatable bonds is 4. The van der Waals surface area contributed by atoms with Gasteiger partial charge in [-0.25, -0.2) is 0 Å². The van der Waals surface area contributed by atoms with Crippen molar-refractivity contribution in [1.82, 2.24) is 9.78 Å². The van der Waals surface area contributed by atoms with Crippen molar-refractivity contribution in [3.63, 3.8) is 0 Å². The van der Waals surface area contributed by atoms with Gasteiger partial charge in [0.05, 0.1) is 5.69 Å². The molecular weight excluding hydrogens is 264 g/mol. The highest BCUT2D eigenvalue weighted by atomic mass is 16.1. The smallest absolute Gasteiger partial charge is 0.256 e. The number of aryl methyl sites for hydroxylation is 3. The van der Waals surface area contributed by atoms with Gasteiger partial charge >= 0.3 is 0 Å². The zero-order valence-corrected chi connectivity index (χ0v) is 13.2. The Hall–Kier alpha value is -2.30. The van der Waals surface area contributed by atoms with Gasteiger partial charge in [-0.2, -0.15) is 5.10 Å². The number of hydrogen-bond acceptors (Lipinski definition) is 3. The standard InChI is InChI=1S/C16H22N4O/c1-10(2)17-14-9-13(7-6-11(14)3)16(21)18-15-8-12(4)19-20(15)5/h6-10,17H,1-5H3,(H,18,21). The Morgan fingerprint density at radius 3 is 2.52 bits per heavy atom. The molecule has 2 rings (SSSR count). The molecule has 0 aliphatic rings. The first-order valence-corrected chi connectivity index (χ1v) is 7.06. The van der Waals surface area contributed by atoms with Gasteiger partial charge in [0.2, 0.25) is 0 Å². The first-order valence-electron chi connectivity index (χ1n) is 7.06. The van der Waals surface area contributed by atoms with Gasteiger partial charge in [-0.3, -0.25) is 9.48 Å². The second-order valence-corrected chi connectivity index (χ2v) is 5.58. The summed E-state index contributed by atoms with van der Waals surface area (Å²) in [4.78, 5) is 12.3. The quantitative estimate of drug-likeness (QED) is 0.908. The van der Waals surface area contributed by atoms with Crippen LogP contribution in [0.25, 0.3) is 0 Å². The minimum atomic E-state index is -0.134. The molecule has 1 amide bonds. The van der Waals surface area contributed by atoms with Crippen molar-refractivity contribution in [3.8, 4) is 0 Å². The molecule has 0 unspecified atom stereocenters. The number of nitrogens with one attached hydrogen (secondary N) is 2. The minimum Gasteiger partial charge on any atom is -0.383 e. The molecule has 0 aliphatic carbocycles. The molecule has 0 bridgehead atoms. The average Bonchev–Trinajstić information content (AvgIpc) is 2.70. The predicted octanol–water partition coefficient (Wildman–Crippen LogP) is 3.11. The van der Waals surface area contributed by atoms with Crippen LogP contribution in [0.15, 0.2) is 24.3 Å². The van der Waals surface area contributed by atoms with Gasteiger partial charge in [-0.1, -0.05) is 6.07 Å². The number of carbonyl (C=O) groups is 1. The SMILES string of the molecule is Cc1cc(NC(=O)c2ccc(C)c(NC(C)C)c2)n(C)n1. The Labute approximate surface area is 125 Å². The highest BCUT2D eigenvalue weighted by Crippen LogP contribution is 2.19. The molecule has 0 radical (unpaired) electrons. The zero-order valence-electron chi connectivity index (χ0n) is 13.2. The number of hydrogen-bond donors (Lipinski definition) is 2. The second kappa shape index (κ2) is 5.99. The van der Waals surface area contributed by atoms with Gasteiger partial charge in [0.15, 0.2) is 0 Å². The van der Waals surface area contributed by atoms with Crippen molar-refractivity contribution < 1.29 is 4.79 Å². The maximum absolute atomic E-state index is 12.3. The summed E-state index contributed by atoms with van der Waals surface area (Å²) in [7, 11) is 1.81. The van der Waals surface area contributed by atoms with E-state index in [1.807, 2.05) is 45.2 Å². The van der Waals surface area contributed by atoms with E-state index in [0.717, 1.165) is 16.9 Å². The van der Waals surface area contributed by atoms with Gasteiger partial charge in [0.1, 0.15) is 5.82 Å². The van der Waals surface area contributed by atoms with Crippen LogP contribution < -0.4 is 10.6 Å². The van der Waals surface area contributed by atoms with E-state index < -0.39 is 0 Å². The van der Waals surface area contributed by atoms with E-state index in [2.05, 4.69) is 29.6 Å². The Balaban J connectivity index is 2.21. The van der Waals surface area contributed by atoms with Gasteiger partial charge in [-0.05, 0) is 45.4 Å². The summed E-state index contributed by atoms with van der Waals surface area (Å²) >= 11 is 0. The van der Waals surface area contributed by atoms with Crippen LogP contribution in [0.3, 0.4) is 0 Å². The molecule has 0 saturated heterocycles. The zero-order chi connectivity index (χ0) is 15.6. The van der Waals surface area contributed by atoms with E-state index in [9.17, 15) is 4.79 Å². The molecule has 21 heavy (non-hydrogen) atoms. The summed E-state index contributed by atoms with van der Waals surface area (Å²) in [6.45, 7) is 8.07. The molecule has 5 nitrogen and oxygen atoms in total. The van der Waals surface area contributed by atoms with Crippen molar-refractivity contribution in [1.29, 1.82) is 0 Å². The van der Waals surface area contributed by atoms with E-state index in [0.29, 0.717) is 17.4 Å². The third-order valence-corrected chi connectivity index (χ3v) is 3.19. The molecule has 2 N–H and O–H groups in total. The van der Waals surface area contributed by atoms with Gasteiger partial charge in [0, 0.05) is 30.4 Å². The van der Waals surface area contributed by atoms with Crippen LogP contribution in [0.1, 0.15) is 35.5 Å². The van der Waals surface area contributed by atoms with Gasteiger partial charge in [0.25, 0.3) is 5.91 Å². The Bertz CT molecular complexity index is 658. The van der Waals surface area contributed by atoms with E-state index in [1.54, 1.807) is 4.68 Å². The molecule has 112 valence electrons. The maximum Gasteiger partial charge on any atom is 0.256 e. The molecule has 0 atom stereocenters.